The van der Waals surface area contributed by atoms with Crippen molar-refractivity contribution in [3.05, 3.63) is 53.3 Å². The van der Waals surface area contributed by atoms with Gasteiger partial charge in [0.25, 0.3) is 0 Å². The summed E-state index contributed by atoms with van der Waals surface area (Å²) in [6.07, 6.45) is 0. The van der Waals surface area contributed by atoms with Gasteiger partial charge in [0, 0.05) is 18.5 Å². The number of aromatic amines is 1. The highest BCUT2D eigenvalue weighted by Crippen LogP contribution is 2.13. The summed E-state index contributed by atoms with van der Waals surface area (Å²) in [4.78, 5) is 14.3. The van der Waals surface area contributed by atoms with E-state index in [1.807, 2.05) is 30.3 Å². The second kappa shape index (κ2) is 6.77. The van der Waals surface area contributed by atoms with E-state index in [4.69, 9.17) is 4.74 Å². The number of carbonyl (C=O) groups is 1. The van der Waals surface area contributed by atoms with E-state index in [1.165, 1.54) is 7.11 Å². The lowest BCUT2D eigenvalue weighted by atomic mass is 10.2. The largest absolute Gasteiger partial charge is 0.464 e. The van der Waals surface area contributed by atoms with Crippen LogP contribution in [-0.2, 0) is 22.6 Å². The SMILES string of the molecule is COCc1cccc(NCc2ccc(C(=O)OC)[nH]2)c1. The van der Waals surface area contributed by atoms with Gasteiger partial charge >= 0.3 is 5.97 Å². The molecule has 5 nitrogen and oxygen atoms in total. The summed E-state index contributed by atoms with van der Waals surface area (Å²) in [7, 11) is 3.04. The first kappa shape index (κ1) is 14.1. The minimum atomic E-state index is -0.363. The Morgan fingerprint density at radius 1 is 1.25 bits per heavy atom. The zero-order valence-electron chi connectivity index (χ0n) is 11.6. The highest BCUT2D eigenvalue weighted by Gasteiger charge is 2.07. The third-order valence-corrected chi connectivity index (χ3v) is 2.87. The minimum absolute atomic E-state index is 0.363. The van der Waals surface area contributed by atoms with E-state index in [0.29, 0.717) is 18.8 Å². The van der Waals surface area contributed by atoms with Crippen molar-refractivity contribution in [2.75, 3.05) is 19.5 Å². The Morgan fingerprint density at radius 2 is 2.10 bits per heavy atom. The molecule has 1 aromatic heterocycles. The van der Waals surface area contributed by atoms with Crippen LogP contribution in [0.15, 0.2) is 36.4 Å². The number of ether oxygens (including phenoxy) is 2. The maximum absolute atomic E-state index is 11.3. The van der Waals surface area contributed by atoms with Gasteiger partial charge in [0.1, 0.15) is 5.69 Å². The number of methoxy groups -OCH3 is 2. The van der Waals surface area contributed by atoms with Crippen LogP contribution in [-0.4, -0.2) is 25.2 Å². The van der Waals surface area contributed by atoms with E-state index in [-0.39, 0.29) is 5.97 Å². The van der Waals surface area contributed by atoms with Crippen LogP contribution in [0.3, 0.4) is 0 Å². The van der Waals surface area contributed by atoms with E-state index in [0.717, 1.165) is 16.9 Å². The van der Waals surface area contributed by atoms with E-state index in [1.54, 1.807) is 13.2 Å². The molecule has 0 fully saturated rings. The molecule has 1 heterocycles. The van der Waals surface area contributed by atoms with Gasteiger partial charge in [-0.3, -0.25) is 0 Å². The molecule has 0 aliphatic heterocycles. The molecule has 0 aliphatic carbocycles. The van der Waals surface area contributed by atoms with Crippen molar-refractivity contribution in [3.63, 3.8) is 0 Å². The number of rotatable bonds is 6. The number of anilines is 1. The number of aromatic nitrogens is 1. The molecule has 0 spiro atoms. The van der Waals surface area contributed by atoms with Crippen molar-refractivity contribution < 1.29 is 14.3 Å². The summed E-state index contributed by atoms with van der Waals surface area (Å²) in [6.45, 7) is 1.19. The second-order valence-electron chi connectivity index (χ2n) is 4.38. The molecule has 0 bridgehead atoms. The van der Waals surface area contributed by atoms with Crippen LogP contribution in [0.4, 0.5) is 5.69 Å². The summed E-state index contributed by atoms with van der Waals surface area (Å²) in [5, 5.41) is 3.29. The van der Waals surface area contributed by atoms with Gasteiger partial charge in [-0.15, -0.1) is 0 Å². The maximum Gasteiger partial charge on any atom is 0.354 e. The third-order valence-electron chi connectivity index (χ3n) is 2.87. The number of carbonyl (C=O) groups excluding carboxylic acids is 1. The molecule has 0 amide bonds. The van der Waals surface area contributed by atoms with E-state index in [2.05, 4.69) is 15.0 Å². The highest BCUT2D eigenvalue weighted by molar-refractivity contribution is 5.87. The van der Waals surface area contributed by atoms with Gasteiger partial charge in [-0.25, -0.2) is 4.79 Å². The molecular weight excluding hydrogens is 256 g/mol. The molecule has 0 atom stereocenters. The lowest BCUT2D eigenvalue weighted by Gasteiger charge is -2.07. The molecule has 2 aromatic rings. The van der Waals surface area contributed by atoms with Crippen LogP contribution in [0.1, 0.15) is 21.7 Å². The minimum Gasteiger partial charge on any atom is -0.464 e. The topological polar surface area (TPSA) is 63.4 Å². The summed E-state index contributed by atoms with van der Waals surface area (Å²) in [6, 6.07) is 11.6. The van der Waals surface area contributed by atoms with Crippen LogP contribution in [0.25, 0.3) is 0 Å². The smallest absolute Gasteiger partial charge is 0.354 e. The average Bonchev–Trinajstić information content (AvgIpc) is 2.94. The summed E-state index contributed by atoms with van der Waals surface area (Å²) in [5.74, 6) is -0.363. The Labute approximate surface area is 117 Å². The predicted molar refractivity (Wildman–Crippen MR) is 76.6 cm³/mol. The highest BCUT2D eigenvalue weighted by atomic mass is 16.5. The number of hydrogen-bond acceptors (Lipinski definition) is 4. The maximum atomic E-state index is 11.3. The van der Waals surface area contributed by atoms with Crippen molar-refractivity contribution in [1.29, 1.82) is 0 Å². The van der Waals surface area contributed by atoms with E-state index >= 15 is 0 Å². The van der Waals surface area contributed by atoms with Gasteiger partial charge in [0.15, 0.2) is 0 Å². The van der Waals surface area contributed by atoms with Gasteiger partial charge in [0.05, 0.1) is 20.3 Å². The molecule has 5 heteroatoms. The summed E-state index contributed by atoms with van der Waals surface area (Å²) in [5.41, 5.74) is 3.49. The van der Waals surface area contributed by atoms with Gasteiger partial charge in [-0.1, -0.05) is 12.1 Å². The number of nitrogens with one attached hydrogen (secondary N) is 2. The Kier molecular flexibility index (Phi) is 4.79. The van der Waals surface area contributed by atoms with Crippen molar-refractivity contribution in [2.45, 2.75) is 13.2 Å². The van der Waals surface area contributed by atoms with E-state index < -0.39 is 0 Å². The predicted octanol–water partition coefficient (Wildman–Crippen LogP) is 2.56. The van der Waals surface area contributed by atoms with Crippen LogP contribution < -0.4 is 5.32 Å². The molecule has 20 heavy (non-hydrogen) atoms. The Hall–Kier alpha value is -2.27. The molecular formula is C15H18N2O3. The molecule has 0 unspecified atom stereocenters. The lowest BCUT2D eigenvalue weighted by molar-refractivity contribution is 0.0594. The monoisotopic (exact) mass is 274 g/mol. The first-order valence-electron chi connectivity index (χ1n) is 6.31. The normalized spacial score (nSPS) is 10.3. The van der Waals surface area contributed by atoms with Gasteiger partial charge in [0.2, 0.25) is 0 Å². The fourth-order valence-corrected chi connectivity index (χ4v) is 1.91. The number of esters is 1. The fourth-order valence-electron chi connectivity index (χ4n) is 1.91. The van der Waals surface area contributed by atoms with Gasteiger partial charge in [-0.05, 0) is 29.8 Å². The lowest BCUT2D eigenvalue weighted by Crippen LogP contribution is -2.04. The van der Waals surface area contributed by atoms with Gasteiger partial charge < -0.3 is 19.8 Å². The van der Waals surface area contributed by atoms with Crippen molar-refractivity contribution in [1.82, 2.24) is 4.98 Å². The Bertz CT molecular complexity index is 578. The van der Waals surface area contributed by atoms with Crippen molar-refractivity contribution in [2.24, 2.45) is 0 Å². The first-order valence-corrected chi connectivity index (χ1v) is 6.31. The number of H-pyrrole nitrogens is 1. The van der Waals surface area contributed by atoms with Gasteiger partial charge in [-0.2, -0.15) is 0 Å². The number of benzene rings is 1. The fraction of sp³-hybridized carbons (Fsp3) is 0.267. The molecule has 0 saturated heterocycles. The molecule has 0 saturated carbocycles. The Morgan fingerprint density at radius 3 is 2.85 bits per heavy atom. The molecule has 1 aromatic carbocycles. The quantitative estimate of drug-likeness (QED) is 0.795. The molecule has 0 aliphatic rings. The molecule has 2 N–H and O–H groups in total. The zero-order chi connectivity index (χ0) is 14.4. The number of hydrogen-bond donors (Lipinski definition) is 2. The molecule has 2 rings (SSSR count). The second-order valence-corrected chi connectivity index (χ2v) is 4.38. The third kappa shape index (κ3) is 3.61. The first-order chi connectivity index (χ1) is 9.72. The van der Waals surface area contributed by atoms with Crippen LogP contribution in [0.5, 0.6) is 0 Å². The zero-order valence-corrected chi connectivity index (χ0v) is 11.6. The van der Waals surface area contributed by atoms with Crippen molar-refractivity contribution >= 4 is 11.7 Å². The average molecular weight is 274 g/mol. The van der Waals surface area contributed by atoms with Crippen molar-refractivity contribution in [3.8, 4) is 0 Å². The molecule has 106 valence electrons. The van der Waals surface area contributed by atoms with Crippen LogP contribution in [0, 0.1) is 0 Å². The van der Waals surface area contributed by atoms with E-state index in [9.17, 15) is 4.79 Å². The van der Waals surface area contributed by atoms with Crippen LogP contribution >= 0.6 is 0 Å². The molecule has 0 radical (unpaired) electrons. The summed E-state index contributed by atoms with van der Waals surface area (Å²) >= 11 is 0. The standard InChI is InChI=1S/C15H18N2O3/c1-19-10-11-4-3-5-12(8-11)16-9-13-6-7-14(17-13)15(18)20-2/h3-8,16-17H,9-10H2,1-2H3. The Balaban J connectivity index is 1.96. The summed E-state index contributed by atoms with van der Waals surface area (Å²) < 4.78 is 9.75. The van der Waals surface area contributed by atoms with Crippen LogP contribution in [0.2, 0.25) is 0 Å².